The van der Waals surface area contributed by atoms with Gasteiger partial charge in [-0.05, 0) is 141 Å². The fraction of sp³-hybridized carbons (Fsp3) is 0.268. The van der Waals surface area contributed by atoms with Crippen LogP contribution in [0, 0.1) is 6.92 Å². The van der Waals surface area contributed by atoms with Gasteiger partial charge in [-0.1, -0.05) is 56.8 Å². The zero-order chi connectivity index (χ0) is 61.5. The maximum Gasteiger partial charge on any atom is 1.00 e. The summed E-state index contributed by atoms with van der Waals surface area (Å²) in [7, 11) is 3.10. The van der Waals surface area contributed by atoms with Gasteiger partial charge in [0, 0.05) is 136 Å². The molecule has 488 valence electrons. The molecule has 2 saturated heterocycles. The number of fused-ring (bicyclic) bond motifs is 4. The van der Waals surface area contributed by atoms with Gasteiger partial charge >= 0.3 is 51.4 Å². The number of hydrogen-bond acceptors (Lipinski definition) is 13. The number of amides is 2. The van der Waals surface area contributed by atoms with Crippen LogP contribution in [-0.2, 0) is 33.7 Å². The third kappa shape index (κ3) is 15.5. The number of nitrogens with one attached hydrogen (secondary N) is 1. The van der Waals surface area contributed by atoms with Gasteiger partial charge in [-0.2, -0.15) is 27.0 Å². The molecule has 11 aromatic rings. The van der Waals surface area contributed by atoms with Gasteiger partial charge in [0.25, 0.3) is 21.1 Å². The Balaban J connectivity index is 0.000000286. The largest absolute Gasteiger partial charge is 1.00 e. The van der Waals surface area contributed by atoms with E-state index in [0.29, 0.717) is 37.2 Å². The van der Waals surface area contributed by atoms with Crippen LogP contribution < -0.4 is 72.0 Å². The number of carbonyl (C=O) groups is 2. The summed E-state index contributed by atoms with van der Waals surface area (Å²) in [6.07, 6.45) is 6.88. The van der Waals surface area contributed by atoms with Gasteiger partial charge < -0.3 is 38.9 Å². The van der Waals surface area contributed by atoms with Crippen molar-refractivity contribution in [3.05, 3.63) is 197 Å². The molecule has 94 heavy (non-hydrogen) atoms. The molecule has 2 amide bonds. The Bertz CT molecular complexity index is 4730. The van der Waals surface area contributed by atoms with E-state index in [0.717, 1.165) is 119 Å². The molecule has 0 radical (unpaired) electrons. The number of benzene rings is 5. The van der Waals surface area contributed by atoms with Crippen molar-refractivity contribution in [2.75, 3.05) is 66.6 Å². The number of aromatic amines is 1. The van der Waals surface area contributed by atoms with Crippen LogP contribution in [0.1, 0.15) is 34.3 Å². The third-order valence-electron chi connectivity index (χ3n) is 17.1. The third-order valence-corrected chi connectivity index (χ3v) is 18.8. The van der Waals surface area contributed by atoms with Crippen molar-refractivity contribution in [1.82, 2.24) is 47.7 Å². The second-order valence-electron chi connectivity index (χ2n) is 22.8. The second kappa shape index (κ2) is 31.9. The van der Waals surface area contributed by atoms with Crippen LogP contribution in [0.5, 0.6) is 11.5 Å². The predicted molar refractivity (Wildman–Crippen MR) is 381 cm³/mol. The fourth-order valence-corrected chi connectivity index (χ4v) is 13.1. The van der Waals surface area contributed by atoms with Crippen LogP contribution in [0.15, 0.2) is 185 Å². The monoisotopic (exact) mass is 1350 g/mol. The SMILES string of the molecule is C.C.C[C@H]1C(=O)N(C)CCN1CCOc1ccc(-c2ccc3cc(-c4cn(C)c(=O)c5[nH]ccc45)ccc3n2)cc1.Cc1ccc(S(=O)(=O)n2ccc3c(-c4ccc5nc(-c6ccc(OCCN7CCN(C)C(=O)[C@@H]7C)cc6)ccc5c4)cn(C)c(=O)c32)cc1.S.S.[K+].[OH-]. The zero-order valence-corrected chi connectivity index (χ0v) is 58.6. The first-order valence-electron chi connectivity index (χ1n) is 29.4. The van der Waals surface area contributed by atoms with Gasteiger partial charge in [0.1, 0.15) is 35.7 Å². The number of pyridine rings is 4. The molecule has 8 heterocycles. The number of carbonyl (C=O) groups excluding carboxylic acids is 2. The van der Waals surface area contributed by atoms with Gasteiger partial charge in [-0.15, -0.1) is 0 Å². The smallest absolute Gasteiger partial charge is 0.870 e. The summed E-state index contributed by atoms with van der Waals surface area (Å²) >= 11 is 0. The second-order valence-corrected chi connectivity index (χ2v) is 24.6. The Kier molecular flexibility index (Phi) is 25.7. The maximum absolute atomic E-state index is 13.6. The van der Waals surface area contributed by atoms with E-state index in [1.54, 1.807) is 71.2 Å². The molecule has 6 aromatic heterocycles. The van der Waals surface area contributed by atoms with E-state index in [1.807, 2.05) is 138 Å². The van der Waals surface area contributed by atoms with Crippen LogP contribution in [0.25, 0.3) is 88.4 Å². The number of likely N-dealkylation sites (N-methyl/N-ethyl adjacent to an activating group) is 2. The predicted octanol–water partition coefficient (Wildman–Crippen LogP) is 7.92. The first kappa shape index (κ1) is 75.6. The molecular weight excluding hydrogens is 1270 g/mol. The van der Waals surface area contributed by atoms with Crippen molar-refractivity contribution >= 4 is 92.4 Å². The Labute approximate surface area is 605 Å². The summed E-state index contributed by atoms with van der Waals surface area (Å²) in [5.74, 6) is 1.85. The van der Waals surface area contributed by atoms with Gasteiger partial charge in [0.15, 0.2) is 0 Å². The minimum Gasteiger partial charge on any atom is -0.870 e. The number of rotatable bonds is 14. The molecule has 23 heteroatoms. The molecule has 5 aromatic carbocycles. The van der Waals surface area contributed by atoms with Crippen molar-refractivity contribution in [1.29, 1.82) is 0 Å². The first-order valence-corrected chi connectivity index (χ1v) is 30.8. The molecule has 2 aliphatic rings. The van der Waals surface area contributed by atoms with Crippen LogP contribution in [0.3, 0.4) is 0 Å². The minimum atomic E-state index is -3.99. The van der Waals surface area contributed by atoms with Crippen molar-refractivity contribution in [3.8, 4) is 56.3 Å². The number of aryl methyl sites for hydroxylation is 3. The zero-order valence-electron chi connectivity index (χ0n) is 52.6. The van der Waals surface area contributed by atoms with E-state index in [9.17, 15) is 27.6 Å². The van der Waals surface area contributed by atoms with E-state index in [4.69, 9.17) is 19.4 Å². The van der Waals surface area contributed by atoms with Gasteiger partial charge in [0.05, 0.1) is 39.4 Å². The van der Waals surface area contributed by atoms with E-state index >= 15 is 0 Å². The van der Waals surface area contributed by atoms with E-state index in [1.165, 1.54) is 10.8 Å². The molecular formula is C71H81KN10O9S3. The molecule has 13 rings (SSSR count). The van der Waals surface area contributed by atoms with Crippen LogP contribution >= 0.6 is 27.0 Å². The van der Waals surface area contributed by atoms with Gasteiger partial charge in [-0.3, -0.25) is 29.0 Å². The van der Waals surface area contributed by atoms with Crippen molar-refractivity contribution in [2.24, 2.45) is 14.1 Å². The molecule has 2 N–H and O–H groups in total. The Hall–Kier alpha value is -7.39. The molecule has 19 nitrogen and oxygen atoms in total. The van der Waals surface area contributed by atoms with E-state index in [2.05, 4.69) is 33.0 Å². The minimum absolute atomic E-state index is 0. The Morgan fingerprint density at radius 3 is 1.47 bits per heavy atom. The van der Waals surface area contributed by atoms with Crippen molar-refractivity contribution in [3.63, 3.8) is 0 Å². The number of aromatic nitrogens is 6. The summed E-state index contributed by atoms with van der Waals surface area (Å²) in [6, 6.07) is 45.9. The van der Waals surface area contributed by atoms with Gasteiger partial charge in [0.2, 0.25) is 11.8 Å². The van der Waals surface area contributed by atoms with E-state index < -0.39 is 15.6 Å². The topological polar surface area (TPSA) is 220 Å². The molecule has 0 spiro atoms. The normalized spacial score (nSPS) is 15.0. The molecule has 2 fully saturated rings. The number of piperazine rings is 2. The average Bonchev–Trinajstić information content (AvgIpc) is 1.53. The van der Waals surface area contributed by atoms with Crippen LogP contribution in [-0.4, -0.2) is 152 Å². The number of H-pyrrole nitrogens is 1. The van der Waals surface area contributed by atoms with Crippen molar-refractivity contribution in [2.45, 2.75) is 52.6 Å². The number of hydrogen-bond donors (Lipinski definition) is 1. The summed E-state index contributed by atoms with van der Waals surface area (Å²) < 4.78 is 43.3. The quantitative estimate of drug-likeness (QED) is 0.102. The van der Waals surface area contributed by atoms with Gasteiger partial charge in [-0.25, -0.2) is 22.4 Å². The average molecular weight is 1350 g/mol. The Morgan fingerprint density at radius 2 is 0.989 bits per heavy atom. The Morgan fingerprint density at radius 1 is 0.543 bits per heavy atom. The van der Waals surface area contributed by atoms with E-state index in [-0.39, 0.29) is 139 Å². The summed E-state index contributed by atoms with van der Waals surface area (Å²) in [5, 5.41) is 3.41. The first-order chi connectivity index (χ1) is 42.4. The molecule has 0 unspecified atom stereocenters. The molecule has 0 bridgehead atoms. The molecule has 0 saturated carbocycles. The van der Waals surface area contributed by atoms with Crippen LogP contribution in [0.2, 0.25) is 0 Å². The summed E-state index contributed by atoms with van der Waals surface area (Å²) in [5.41, 5.74) is 10.2. The molecule has 2 aliphatic heterocycles. The molecule has 2 atom stereocenters. The standard InChI is InChI=1S/C38H37N5O5S.C31H31N5O3.2CH4.K.H2O.2H2S/c1-25-5-13-31(14-6-25)49(46,47)43-18-17-32-33(24-41(4)38(45)36(32)43)28-9-15-35-29(23-28)10-16-34(39-35)27-7-11-30(12-8-27)48-22-21-42-20-19-40(3)37(44)26(42)2;1-20-30(37)34(2)14-15-36(20)16-17-39-24-8-4-21(5-9-24)27-11-7-23-18-22(6-10-28(23)33-27)26-19-35(3)31(38)29-25(26)12-13-32-29;;;;;;/h5-18,23-24,26H,19-22H2,1-4H3;4-13,18-20,32H,14-17H2,1-3H3;2*1H4;;3*1H2/q;;;;+1;;;/p-1/t26-;20-;;;;;;/m00....../s1. The number of ether oxygens (including phenoxy) is 2. The summed E-state index contributed by atoms with van der Waals surface area (Å²) in [4.78, 5) is 71.1. The van der Waals surface area contributed by atoms with Crippen molar-refractivity contribution < 1.29 is 84.3 Å². The molecule has 0 aliphatic carbocycles. The number of nitrogens with zero attached hydrogens (tertiary/aromatic N) is 9. The fourth-order valence-electron chi connectivity index (χ4n) is 11.7. The van der Waals surface area contributed by atoms with Crippen LogP contribution in [0.4, 0.5) is 0 Å². The maximum atomic E-state index is 13.6. The summed E-state index contributed by atoms with van der Waals surface area (Å²) in [6.45, 7) is 11.4.